The van der Waals surface area contributed by atoms with Gasteiger partial charge in [0.2, 0.25) is 0 Å². The molecule has 16 heavy (non-hydrogen) atoms. The summed E-state index contributed by atoms with van der Waals surface area (Å²) in [5, 5.41) is 7.75. The summed E-state index contributed by atoms with van der Waals surface area (Å²) in [6.07, 6.45) is 9.50. The zero-order valence-electron chi connectivity index (χ0n) is 9.00. The standard InChI is InChI=1S/C12H14N4/c1-2-7-13-12(6-1)16-9-11(8-14-16)15-10-4-3-5-10/h1-2,6-10,15H,3-5H2. The molecule has 1 aliphatic rings. The smallest absolute Gasteiger partial charge is 0.153 e. The molecule has 0 radical (unpaired) electrons. The second-order valence-electron chi connectivity index (χ2n) is 4.13. The Bertz CT molecular complexity index is 459. The van der Waals surface area contributed by atoms with Gasteiger partial charge in [-0.05, 0) is 31.4 Å². The molecule has 1 aliphatic carbocycles. The van der Waals surface area contributed by atoms with Crippen LogP contribution >= 0.6 is 0 Å². The summed E-state index contributed by atoms with van der Waals surface area (Å²) in [4.78, 5) is 4.25. The number of anilines is 1. The van der Waals surface area contributed by atoms with E-state index in [0.29, 0.717) is 6.04 Å². The molecule has 82 valence electrons. The van der Waals surface area contributed by atoms with Crippen molar-refractivity contribution in [1.29, 1.82) is 0 Å². The Morgan fingerprint density at radius 2 is 2.25 bits per heavy atom. The van der Waals surface area contributed by atoms with E-state index in [0.717, 1.165) is 11.5 Å². The molecule has 4 nitrogen and oxygen atoms in total. The first-order valence-corrected chi connectivity index (χ1v) is 5.64. The highest BCUT2D eigenvalue weighted by molar-refractivity contribution is 5.42. The van der Waals surface area contributed by atoms with Gasteiger partial charge in [-0.25, -0.2) is 9.67 Å². The molecule has 0 unspecified atom stereocenters. The fourth-order valence-electron chi connectivity index (χ4n) is 1.80. The first-order chi connectivity index (χ1) is 7.92. The van der Waals surface area contributed by atoms with Crippen molar-refractivity contribution in [2.45, 2.75) is 25.3 Å². The van der Waals surface area contributed by atoms with Crippen molar-refractivity contribution in [3.63, 3.8) is 0 Å². The summed E-state index contributed by atoms with van der Waals surface area (Å²) in [5.74, 6) is 0.851. The molecule has 4 heteroatoms. The fraction of sp³-hybridized carbons (Fsp3) is 0.333. The number of nitrogens with zero attached hydrogens (tertiary/aromatic N) is 3. The van der Waals surface area contributed by atoms with Gasteiger partial charge < -0.3 is 5.32 Å². The zero-order chi connectivity index (χ0) is 10.8. The maximum atomic E-state index is 4.29. The molecule has 0 saturated heterocycles. The molecule has 0 aromatic carbocycles. The van der Waals surface area contributed by atoms with Crippen molar-refractivity contribution in [1.82, 2.24) is 14.8 Å². The lowest BCUT2D eigenvalue weighted by Crippen LogP contribution is -2.26. The molecule has 0 amide bonds. The lowest BCUT2D eigenvalue weighted by Gasteiger charge is -2.26. The molecule has 0 spiro atoms. The molecular formula is C12H14N4. The number of pyridine rings is 1. The van der Waals surface area contributed by atoms with Gasteiger partial charge in [0.1, 0.15) is 0 Å². The number of nitrogens with one attached hydrogen (secondary N) is 1. The Labute approximate surface area is 94.3 Å². The van der Waals surface area contributed by atoms with Crippen LogP contribution in [-0.4, -0.2) is 20.8 Å². The molecule has 0 bridgehead atoms. The summed E-state index contributed by atoms with van der Waals surface area (Å²) in [7, 11) is 0. The van der Waals surface area contributed by atoms with Crippen LogP contribution in [-0.2, 0) is 0 Å². The second kappa shape index (κ2) is 3.96. The normalized spacial score (nSPS) is 15.8. The van der Waals surface area contributed by atoms with Crippen molar-refractivity contribution in [3.8, 4) is 5.82 Å². The summed E-state index contributed by atoms with van der Waals surface area (Å²) in [6, 6.07) is 6.45. The van der Waals surface area contributed by atoms with E-state index in [-0.39, 0.29) is 0 Å². The van der Waals surface area contributed by atoms with Crippen molar-refractivity contribution < 1.29 is 0 Å². The molecule has 2 heterocycles. The highest BCUT2D eigenvalue weighted by Crippen LogP contribution is 2.23. The first-order valence-electron chi connectivity index (χ1n) is 5.64. The molecule has 0 aliphatic heterocycles. The average molecular weight is 214 g/mol. The van der Waals surface area contributed by atoms with Gasteiger partial charge in [-0.15, -0.1) is 0 Å². The minimum atomic E-state index is 0.640. The number of hydrogen-bond acceptors (Lipinski definition) is 3. The van der Waals surface area contributed by atoms with E-state index in [9.17, 15) is 0 Å². The average Bonchev–Trinajstić information content (AvgIpc) is 2.73. The van der Waals surface area contributed by atoms with Crippen molar-refractivity contribution in [2.75, 3.05) is 5.32 Å². The molecule has 3 rings (SSSR count). The quantitative estimate of drug-likeness (QED) is 0.852. The molecule has 1 N–H and O–H groups in total. The van der Waals surface area contributed by atoms with Crippen LogP contribution in [0.15, 0.2) is 36.8 Å². The molecule has 2 aromatic heterocycles. The van der Waals surface area contributed by atoms with Gasteiger partial charge in [-0.2, -0.15) is 5.10 Å². The van der Waals surface area contributed by atoms with Gasteiger partial charge in [0.15, 0.2) is 5.82 Å². The van der Waals surface area contributed by atoms with Gasteiger partial charge in [-0.1, -0.05) is 6.07 Å². The van der Waals surface area contributed by atoms with Gasteiger partial charge in [-0.3, -0.25) is 0 Å². The van der Waals surface area contributed by atoms with Crippen LogP contribution in [0.5, 0.6) is 0 Å². The predicted octanol–water partition coefficient (Wildman–Crippen LogP) is 2.23. The van der Waals surface area contributed by atoms with E-state index >= 15 is 0 Å². The van der Waals surface area contributed by atoms with Crippen LogP contribution in [0.25, 0.3) is 5.82 Å². The van der Waals surface area contributed by atoms with Crippen LogP contribution in [0.4, 0.5) is 5.69 Å². The summed E-state index contributed by atoms with van der Waals surface area (Å²) in [6.45, 7) is 0. The monoisotopic (exact) mass is 214 g/mol. The maximum Gasteiger partial charge on any atom is 0.153 e. The van der Waals surface area contributed by atoms with E-state index in [1.54, 1.807) is 10.9 Å². The molecule has 2 aromatic rings. The van der Waals surface area contributed by atoms with Crippen LogP contribution in [0.3, 0.4) is 0 Å². The third-order valence-electron chi connectivity index (χ3n) is 2.94. The van der Waals surface area contributed by atoms with Gasteiger partial charge in [0.25, 0.3) is 0 Å². The second-order valence-corrected chi connectivity index (χ2v) is 4.13. The number of rotatable bonds is 3. The Morgan fingerprint density at radius 1 is 1.31 bits per heavy atom. The van der Waals surface area contributed by atoms with E-state index in [2.05, 4.69) is 15.4 Å². The van der Waals surface area contributed by atoms with E-state index in [4.69, 9.17) is 0 Å². The van der Waals surface area contributed by atoms with Crippen LogP contribution in [0.1, 0.15) is 19.3 Å². The fourth-order valence-corrected chi connectivity index (χ4v) is 1.80. The summed E-state index contributed by atoms with van der Waals surface area (Å²) < 4.78 is 1.79. The van der Waals surface area contributed by atoms with Gasteiger partial charge >= 0.3 is 0 Å². The van der Waals surface area contributed by atoms with E-state index in [1.807, 2.05) is 30.6 Å². The summed E-state index contributed by atoms with van der Waals surface area (Å²) in [5.41, 5.74) is 1.08. The third-order valence-corrected chi connectivity index (χ3v) is 2.94. The minimum absolute atomic E-state index is 0.640. The van der Waals surface area contributed by atoms with Crippen molar-refractivity contribution >= 4 is 5.69 Å². The lowest BCUT2D eigenvalue weighted by molar-refractivity contribution is 0.445. The largest absolute Gasteiger partial charge is 0.380 e. The molecule has 1 saturated carbocycles. The topological polar surface area (TPSA) is 42.7 Å². The van der Waals surface area contributed by atoms with E-state index < -0.39 is 0 Å². The SMILES string of the molecule is c1ccc(-n2cc(NC3CCC3)cn2)nc1. The van der Waals surface area contributed by atoms with Gasteiger partial charge in [0.05, 0.1) is 18.1 Å². The predicted molar refractivity (Wildman–Crippen MR) is 62.6 cm³/mol. The minimum Gasteiger partial charge on any atom is -0.380 e. The van der Waals surface area contributed by atoms with Crippen LogP contribution < -0.4 is 5.32 Å². The van der Waals surface area contributed by atoms with Crippen LogP contribution in [0, 0.1) is 0 Å². The number of hydrogen-bond donors (Lipinski definition) is 1. The number of aromatic nitrogens is 3. The first kappa shape index (κ1) is 9.39. The van der Waals surface area contributed by atoms with Crippen molar-refractivity contribution in [3.05, 3.63) is 36.8 Å². The third kappa shape index (κ3) is 1.78. The lowest BCUT2D eigenvalue weighted by atomic mass is 9.93. The Kier molecular flexibility index (Phi) is 2.33. The van der Waals surface area contributed by atoms with E-state index in [1.165, 1.54) is 19.3 Å². The highest BCUT2D eigenvalue weighted by Gasteiger charge is 2.17. The molecule has 0 atom stereocenters. The molecule has 1 fully saturated rings. The molecular weight excluding hydrogens is 200 g/mol. The Balaban J connectivity index is 1.77. The van der Waals surface area contributed by atoms with Crippen molar-refractivity contribution in [2.24, 2.45) is 0 Å². The summed E-state index contributed by atoms with van der Waals surface area (Å²) >= 11 is 0. The Morgan fingerprint density at radius 3 is 2.94 bits per heavy atom. The van der Waals surface area contributed by atoms with Crippen LogP contribution in [0.2, 0.25) is 0 Å². The maximum absolute atomic E-state index is 4.29. The highest BCUT2D eigenvalue weighted by atomic mass is 15.3. The van der Waals surface area contributed by atoms with Gasteiger partial charge in [0, 0.05) is 12.2 Å². The zero-order valence-corrected chi connectivity index (χ0v) is 9.00. The Hall–Kier alpha value is -1.84.